The van der Waals surface area contributed by atoms with Crippen LogP contribution in [0.3, 0.4) is 0 Å². The summed E-state index contributed by atoms with van der Waals surface area (Å²) in [6.45, 7) is 3.86. The Balaban J connectivity index is 1.74. The third-order valence-electron chi connectivity index (χ3n) is 4.54. The fourth-order valence-electron chi connectivity index (χ4n) is 2.88. The van der Waals surface area contributed by atoms with Crippen LogP contribution in [0.15, 0.2) is 29.3 Å². The van der Waals surface area contributed by atoms with Crippen molar-refractivity contribution in [3.63, 3.8) is 0 Å². The maximum absolute atomic E-state index is 12.8. The molecule has 0 amide bonds. The predicted octanol–water partition coefficient (Wildman–Crippen LogP) is 2.22. The molecule has 1 aliphatic heterocycles. The number of piperazine rings is 1. The number of nitrogens with zero attached hydrogens (tertiary/aromatic N) is 3. The van der Waals surface area contributed by atoms with Gasteiger partial charge in [-0.2, -0.15) is 13.2 Å². The average molecular weight is 388 g/mol. The number of alkyl halides is 3. The fraction of sp³-hybridized carbons (Fsp3) is 0.611. The van der Waals surface area contributed by atoms with Crippen LogP contribution < -0.4 is 14.8 Å². The second-order valence-corrected chi connectivity index (χ2v) is 6.24. The summed E-state index contributed by atoms with van der Waals surface area (Å²) in [4.78, 5) is 7.63. The number of rotatable bonds is 6. The lowest BCUT2D eigenvalue weighted by Gasteiger charge is -2.39. The first-order valence-electron chi connectivity index (χ1n) is 8.88. The van der Waals surface area contributed by atoms with Gasteiger partial charge >= 0.3 is 6.18 Å². The van der Waals surface area contributed by atoms with Gasteiger partial charge in [0.25, 0.3) is 0 Å². The molecular weight excluding hydrogens is 361 g/mol. The van der Waals surface area contributed by atoms with E-state index >= 15 is 0 Å². The summed E-state index contributed by atoms with van der Waals surface area (Å²) < 4.78 is 49.3. The van der Waals surface area contributed by atoms with Crippen molar-refractivity contribution in [3.05, 3.63) is 24.3 Å². The number of guanidine groups is 1. The molecule has 0 radical (unpaired) electrons. The van der Waals surface area contributed by atoms with Crippen LogP contribution in [0.25, 0.3) is 0 Å². The number of aliphatic imine (C=N–C) groups is 1. The lowest BCUT2D eigenvalue weighted by atomic mass is 10.2. The van der Waals surface area contributed by atoms with Gasteiger partial charge in [-0.25, -0.2) is 0 Å². The normalized spacial score (nSPS) is 17.6. The van der Waals surface area contributed by atoms with E-state index in [-0.39, 0.29) is 0 Å². The van der Waals surface area contributed by atoms with Crippen molar-refractivity contribution < 1.29 is 22.6 Å². The highest BCUT2D eigenvalue weighted by Crippen LogP contribution is 2.25. The SMILES string of the molecule is CN=C(NCCOc1cccc(OC)c1)N1CCN(C(C)C(F)(F)F)CC1. The summed E-state index contributed by atoms with van der Waals surface area (Å²) in [6.07, 6.45) is -4.19. The Bertz CT molecular complexity index is 617. The van der Waals surface area contributed by atoms with Gasteiger partial charge in [0, 0.05) is 39.3 Å². The second kappa shape index (κ2) is 9.68. The molecule has 1 aliphatic rings. The highest BCUT2D eigenvalue weighted by molar-refractivity contribution is 5.80. The number of halogens is 3. The molecule has 1 N–H and O–H groups in total. The third-order valence-corrected chi connectivity index (χ3v) is 4.54. The highest BCUT2D eigenvalue weighted by Gasteiger charge is 2.41. The van der Waals surface area contributed by atoms with E-state index in [9.17, 15) is 13.2 Å². The minimum Gasteiger partial charge on any atom is -0.497 e. The molecule has 0 aliphatic carbocycles. The second-order valence-electron chi connectivity index (χ2n) is 6.24. The molecule has 1 atom stereocenters. The van der Waals surface area contributed by atoms with Gasteiger partial charge in [-0.3, -0.25) is 9.89 Å². The van der Waals surface area contributed by atoms with Crippen molar-refractivity contribution in [2.75, 3.05) is 53.5 Å². The van der Waals surface area contributed by atoms with Crippen LogP contribution in [0.2, 0.25) is 0 Å². The van der Waals surface area contributed by atoms with Gasteiger partial charge in [0.05, 0.1) is 13.7 Å². The smallest absolute Gasteiger partial charge is 0.403 e. The first kappa shape index (κ1) is 21.1. The molecule has 0 saturated carbocycles. The maximum atomic E-state index is 12.8. The molecule has 0 bridgehead atoms. The molecule has 1 heterocycles. The molecule has 152 valence electrons. The fourth-order valence-corrected chi connectivity index (χ4v) is 2.88. The topological polar surface area (TPSA) is 49.3 Å². The Morgan fingerprint density at radius 2 is 1.89 bits per heavy atom. The van der Waals surface area contributed by atoms with Crippen LogP contribution in [0.1, 0.15) is 6.92 Å². The van der Waals surface area contributed by atoms with E-state index in [4.69, 9.17) is 9.47 Å². The third kappa shape index (κ3) is 6.20. The molecule has 1 unspecified atom stereocenters. The van der Waals surface area contributed by atoms with Crippen molar-refractivity contribution in [1.29, 1.82) is 0 Å². The summed E-state index contributed by atoms with van der Waals surface area (Å²) >= 11 is 0. The van der Waals surface area contributed by atoms with Crippen LogP contribution in [0, 0.1) is 0 Å². The average Bonchev–Trinajstić information content (AvgIpc) is 2.67. The van der Waals surface area contributed by atoms with Crippen molar-refractivity contribution in [1.82, 2.24) is 15.1 Å². The van der Waals surface area contributed by atoms with Crippen LogP contribution in [-0.4, -0.2) is 81.5 Å². The molecule has 1 saturated heterocycles. The first-order chi connectivity index (χ1) is 12.8. The largest absolute Gasteiger partial charge is 0.497 e. The van der Waals surface area contributed by atoms with E-state index in [1.807, 2.05) is 23.1 Å². The Kier molecular flexibility index (Phi) is 7.58. The number of benzene rings is 1. The highest BCUT2D eigenvalue weighted by atomic mass is 19.4. The number of ether oxygens (including phenoxy) is 2. The van der Waals surface area contributed by atoms with E-state index in [1.54, 1.807) is 20.2 Å². The Morgan fingerprint density at radius 1 is 1.22 bits per heavy atom. The van der Waals surface area contributed by atoms with Crippen LogP contribution in [0.5, 0.6) is 11.5 Å². The Morgan fingerprint density at radius 3 is 2.48 bits per heavy atom. The zero-order chi connectivity index (χ0) is 19.9. The minimum atomic E-state index is -4.19. The van der Waals surface area contributed by atoms with Crippen molar-refractivity contribution in [2.24, 2.45) is 4.99 Å². The molecule has 1 aromatic rings. The van der Waals surface area contributed by atoms with E-state index < -0.39 is 12.2 Å². The van der Waals surface area contributed by atoms with Gasteiger partial charge < -0.3 is 19.7 Å². The van der Waals surface area contributed by atoms with Crippen LogP contribution in [0.4, 0.5) is 13.2 Å². The number of methoxy groups -OCH3 is 1. The van der Waals surface area contributed by atoms with Crippen LogP contribution in [-0.2, 0) is 0 Å². The molecule has 2 rings (SSSR count). The number of nitrogens with one attached hydrogen (secondary N) is 1. The zero-order valence-corrected chi connectivity index (χ0v) is 15.9. The van der Waals surface area contributed by atoms with Gasteiger partial charge in [0.2, 0.25) is 0 Å². The quantitative estimate of drug-likeness (QED) is 0.460. The maximum Gasteiger partial charge on any atom is 0.403 e. The molecule has 1 aromatic carbocycles. The van der Waals surface area contributed by atoms with E-state index in [1.165, 1.54) is 11.8 Å². The molecule has 9 heteroatoms. The summed E-state index contributed by atoms with van der Waals surface area (Å²) in [5.74, 6) is 2.10. The molecular formula is C18H27F3N4O2. The molecule has 0 spiro atoms. The van der Waals surface area contributed by atoms with Crippen molar-refractivity contribution in [2.45, 2.75) is 19.1 Å². The van der Waals surface area contributed by atoms with E-state index in [2.05, 4.69) is 10.3 Å². The summed E-state index contributed by atoms with van der Waals surface area (Å²) in [7, 11) is 3.26. The standard InChI is InChI=1S/C18H27F3N4O2/c1-14(18(19,20)21)24-8-10-25(11-9-24)17(22-2)23-7-12-27-16-6-4-5-15(13-16)26-3/h4-6,13-14H,7-12H2,1-3H3,(H,22,23). The summed E-state index contributed by atoms with van der Waals surface area (Å²) in [5, 5.41) is 3.19. The van der Waals surface area contributed by atoms with Gasteiger partial charge in [0.15, 0.2) is 5.96 Å². The monoisotopic (exact) mass is 388 g/mol. The first-order valence-corrected chi connectivity index (χ1v) is 8.88. The zero-order valence-electron chi connectivity index (χ0n) is 15.9. The Labute approximate surface area is 157 Å². The predicted molar refractivity (Wildman–Crippen MR) is 98.5 cm³/mol. The molecule has 27 heavy (non-hydrogen) atoms. The number of hydrogen-bond acceptors (Lipinski definition) is 4. The van der Waals surface area contributed by atoms with Gasteiger partial charge in [0.1, 0.15) is 24.1 Å². The minimum absolute atomic E-state index is 0.349. The number of hydrogen-bond donors (Lipinski definition) is 1. The summed E-state index contributed by atoms with van der Waals surface area (Å²) in [5.41, 5.74) is 0. The lowest BCUT2D eigenvalue weighted by molar-refractivity contribution is -0.181. The Hall–Kier alpha value is -2.16. The van der Waals surface area contributed by atoms with Gasteiger partial charge in [-0.15, -0.1) is 0 Å². The van der Waals surface area contributed by atoms with E-state index in [0.717, 1.165) is 5.75 Å². The van der Waals surface area contributed by atoms with Gasteiger partial charge in [-0.05, 0) is 19.1 Å². The van der Waals surface area contributed by atoms with Crippen molar-refractivity contribution >= 4 is 5.96 Å². The van der Waals surface area contributed by atoms with Crippen LogP contribution >= 0.6 is 0 Å². The van der Waals surface area contributed by atoms with E-state index in [0.29, 0.717) is 51.0 Å². The lowest BCUT2D eigenvalue weighted by Crippen LogP contribution is -2.57. The summed E-state index contributed by atoms with van der Waals surface area (Å²) in [6, 6.07) is 5.91. The molecule has 6 nitrogen and oxygen atoms in total. The van der Waals surface area contributed by atoms with Gasteiger partial charge in [-0.1, -0.05) is 6.07 Å². The molecule has 1 fully saturated rings. The van der Waals surface area contributed by atoms with Crippen molar-refractivity contribution in [3.8, 4) is 11.5 Å². The molecule has 0 aromatic heterocycles.